The van der Waals surface area contributed by atoms with Crippen molar-refractivity contribution in [3.05, 3.63) is 59.7 Å². The van der Waals surface area contributed by atoms with Gasteiger partial charge in [-0.15, -0.1) is 0 Å². The Morgan fingerprint density at radius 3 is 2.10 bits per heavy atom. The normalized spacial score (nSPS) is 12.8. The molecule has 2 aromatic rings. The molecule has 2 aromatic carbocycles. The van der Waals surface area contributed by atoms with E-state index in [1.807, 2.05) is 0 Å². The van der Waals surface area contributed by atoms with Gasteiger partial charge in [-0.3, -0.25) is 14.4 Å². The highest BCUT2D eigenvalue weighted by atomic mass is 19.4. The van der Waals surface area contributed by atoms with Gasteiger partial charge >= 0.3 is 13.3 Å². The van der Waals surface area contributed by atoms with Crippen LogP contribution in [-0.2, 0) is 27.0 Å². The molecule has 3 amide bonds. The second-order valence-electron chi connectivity index (χ2n) is 9.01. The quantitative estimate of drug-likeness (QED) is 0.140. The van der Waals surface area contributed by atoms with Gasteiger partial charge in [-0.05, 0) is 30.2 Å². The Labute approximate surface area is 230 Å². The first-order valence-corrected chi connectivity index (χ1v) is 12.5. The third kappa shape index (κ3) is 9.91. The zero-order valence-electron chi connectivity index (χ0n) is 21.7. The number of anilines is 1. The van der Waals surface area contributed by atoms with Crippen LogP contribution in [-0.4, -0.2) is 78.1 Å². The van der Waals surface area contributed by atoms with Gasteiger partial charge in [0.15, 0.2) is 0 Å². The molecule has 0 aromatic heterocycles. The highest BCUT2D eigenvalue weighted by molar-refractivity contribution is 6.60. The van der Waals surface area contributed by atoms with Crippen LogP contribution in [0.25, 0.3) is 0 Å². The summed E-state index contributed by atoms with van der Waals surface area (Å²) in [6.07, 6.45) is -4.88. The summed E-state index contributed by atoms with van der Waals surface area (Å²) >= 11 is 0. The highest BCUT2D eigenvalue weighted by Gasteiger charge is 2.31. The molecule has 2 atom stereocenters. The van der Waals surface area contributed by atoms with E-state index in [0.29, 0.717) is 5.56 Å². The minimum atomic E-state index is -4.55. The fourth-order valence-corrected chi connectivity index (χ4v) is 3.85. The van der Waals surface area contributed by atoms with Crippen LogP contribution in [0, 0.1) is 0 Å². The predicted molar refractivity (Wildman–Crippen MR) is 144 cm³/mol. The van der Waals surface area contributed by atoms with Crippen molar-refractivity contribution in [1.29, 1.82) is 0 Å². The lowest BCUT2D eigenvalue weighted by molar-refractivity contribution is -0.137. The van der Waals surface area contributed by atoms with Crippen molar-refractivity contribution in [2.24, 2.45) is 17.2 Å². The Morgan fingerprint density at radius 2 is 1.55 bits per heavy atom. The molecule has 0 heterocycles. The lowest BCUT2D eigenvalue weighted by Crippen LogP contribution is -2.51. The molecule has 0 unspecified atom stereocenters. The largest absolute Gasteiger partial charge is 0.490 e. The first-order valence-electron chi connectivity index (χ1n) is 12.5. The van der Waals surface area contributed by atoms with Crippen LogP contribution >= 0.6 is 0 Å². The number of carbonyl (C=O) groups is 3. The van der Waals surface area contributed by atoms with E-state index in [1.54, 1.807) is 0 Å². The second-order valence-corrected chi connectivity index (χ2v) is 9.01. The zero-order valence-corrected chi connectivity index (χ0v) is 21.7. The van der Waals surface area contributed by atoms with E-state index >= 15 is 0 Å². The average molecular weight is 566 g/mol. The summed E-state index contributed by atoms with van der Waals surface area (Å²) < 4.78 is 38.9. The number of rotatable bonds is 14. The third-order valence-corrected chi connectivity index (χ3v) is 6.01. The molecule has 0 aliphatic carbocycles. The number of halogens is 3. The number of carbonyl (C=O) groups excluding carboxylic acids is 3. The van der Waals surface area contributed by atoms with Crippen molar-refractivity contribution in [1.82, 2.24) is 10.2 Å². The van der Waals surface area contributed by atoms with Gasteiger partial charge in [0.1, 0.15) is 6.04 Å². The first kappa shape index (κ1) is 32.7. The predicted octanol–water partition coefficient (Wildman–Crippen LogP) is -1.10. The molecule has 40 heavy (non-hydrogen) atoms. The summed E-state index contributed by atoms with van der Waals surface area (Å²) in [5.74, 6) is -1.83. The maximum atomic E-state index is 13.2. The molecule has 0 aliphatic heterocycles. The topological polar surface area (TPSA) is 197 Å². The van der Waals surface area contributed by atoms with Crippen LogP contribution in [0.15, 0.2) is 48.5 Å². The van der Waals surface area contributed by atoms with Crippen LogP contribution in [0.4, 0.5) is 18.9 Å². The Balaban J connectivity index is 2.19. The summed E-state index contributed by atoms with van der Waals surface area (Å²) in [6, 6.07) is 7.43. The van der Waals surface area contributed by atoms with Crippen LogP contribution in [0.5, 0.6) is 0 Å². The lowest BCUT2D eigenvalue weighted by atomic mass is 9.79. The monoisotopic (exact) mass is 566 g/mol. The molecule has 0 fully saturated rings. The molecule has 0 radical (unpaired) electrons. The van der Waals surface area contributed by atoms with Crippen LogP contribution in [0.1, 0.15) is 24.0 Å². The van der Waals surface area contributed by atoms with Gasteiger partial charge in [-0.25, -0.2) is 0 Å². The van der Waals surface area contributed by atoms with E-state index in [9.17, 15) is 37.6 Å². The Morgan fingerprint density at radius 1 is 0.950 bits per heavy atom. The number of nitrogens with two attached hydrogens (primary N) is 3. The molecule has 15 heteroatoms. The number of nitrogens with zero attached hydrogens (tertiary/aromatic N) is 1. The molecule has 2 rings (SSSR count). The van der Waals surface area contributed by atoms with Crippen molar-refractivity contribution in [2.45, 2.75) is 37.5 Å². The maximum absolute atomic E-state index is 13.2. The molecule has 0 spiro atoms. The summed E-state index contributed by atoms with van der Waals surface area (Å²) in [4.78, 5) is 40.0. The molecular weight excluding hydrogens is 532 g/mol. The number of amides is 3. The Kier molecular flexibility index (Phi) is 12.5. The van der Waals surface area contributed by atoms with E-state index in [-0.39, 0.29) is 62.5 Å². The van der Waals surface area contributed by atoms with Crippen LogP contribution < -0.4 is 33.3 Å². The van der Waals surface area contributed by atoms with Gasteiger partial charge in [0.25, 0.3) is 0 Å². The van der Waals surface area contributed by atoms with Gasteiger partial charge < -0.3 is 42.8 Å². The molecule has 10 N–H and O–H groups in total. The Bertz CT molecular complexity index is 1130. The van der Waals surface area contributed by atoms with Crippen molar-refractivity contribution in [3.8, 4) is 0 Å². The summed E-state index contributed by atoms with van der Waals surface area (Å²) in [7, 11) is -1.90. The van der Waals surface area contributed by atoms with Crippen molar-refractivity contribution in [3.63, 3.8) is 0 Å². The van der Waals surface area contributed by atoms with E-state index in [2.05, 4.69) is 10.6 Å². The molecular formula is C25H34BF3N6O5. The van der Waals surface area contributed by atoms with Gasteiger partial charge in [0.2, 0.25) is 17.7 Å². The fraction of sp³-hybridized carbons (Fsp3) is 0.400. The number of para-hydroxylation sites is 1. The van der Waals surface area contributed by atoms with E-state index in [1.165, 1.54) is 41.3 Å². The number of nitrogens with one attached hydrogen (secondary N) is 2. The average Bonchev–Trinajstić information content (AvgIpc) is 2.90. The van der Waals surface area contributed by atoms with E-state index < -0.39 is 42.8 Å². The van der Waals surface area contributed by atoms with Crippen LogP contribution in [0.2, 0.25) is 0 Å². The third-order valence-electron chi connectivity index (χ3n) is 6.01. The zero-order chi connectivity index (χ0) is 29.9. The molecule has 0 saturated carbocycles. The lowest BCUT2D eigenvalue weighted by Gasteiger charge is -2.23. The molecule has 11 nitrogen and oxygen atoms in total. The molecule has 218 valence electrons. The Hall–Kier alpha value is -3.50. The number of hydrogen-bond acceptors (Lipinski definition) is 8. The molecule has 0 aliphatic rings. The summed E-state index contributed by atoms with van der Waals surface area (Å²) in [5, 5.41) is 24.2. The maximum Gasteiger partial charge on any atom is 0.490 e. The molecule has 0 bridgehead atoms. The number of hydrogen-bond donors (Lipinski definition) is 7. The van der Waals surface area contributed by atoms with Crippen LogP contribution in [0.3, 0.4) is 0 Å². The summed E-state index contributed by atoms with van der Waals surface area (Å²) in [5.41, 5.74) is 16.5. The van der Waals surface area contributed by atoms with Gasteiger partial charge in [-0.2, -0.15) is 13.2 Å². The van der Waals surface area contributed by atoms with E-state index in [0.717, 1.165) is 12.1 Å². The van der Waals surface area contributed by atoms with Gasteiger partial charge in [-0.1, -0.05) is 30.3 Å². The molecule has 0 saturated heterocycles. The smallest absolute Gasteiger partial charge is 0.423 e. The van der Waals surface area contributed by atoms with Crippen molar-refractivity contribution >= 4 is 36.0 Å². The second kappa shape index (κ2) is 15.3. The minimum Gasteiger partial charge on any atom is -0.423 e. The van der Waals surface area contributed by atoms with E-state index in [4.69, 9.17) is 17.2 Å². The van der Waals surface area contributed by atoms with Gasteiger partial charge in [0.05, 0.1) is 11.6 Å². The SMILES string of the molecule is NCCN(CCN)C(=O)CC[C@H](N)C(=O)N[C@H](Cc1ccc(C(F)(F)F)cc1)C(=O)Nc1ccccc1B(O)O. The fourth-order valence-electron chi connectivity index (χ4n) is 3.85. The number of alkyl halides is 3. The standard InChI is InChI=1S/C25H34BF3N6O5/c27-25(28,29)17-7-5-16(6-8-17)15-21(24(38)33-20-4-2-1-3-18(20)26(39)40)34-23(37)19(32)9-10-22(36)35(13-11-30)14-12-31/h1-8,19,21,39-40H,9-15,30-32H2,(H,33,38)(H,34,37)/t19-,21+/m0/s1. The van der Waals surface area contributed by atoms with Crippen molar-refractivity contribution in [2.75, 3.05) is 31.5 Å². The van der Waals surface area contributed by atoms with Gasteiger partial charge in [0, 0.05) is 50.2 Å². The first-order chi connectivity index (χ1) is 18.9. The minimum absolute atomic E-state index is 0.00909. The summed E-state index contributed by atoms with van der Waals surface area (Å²) in [6.45, 7) is 1.04. The highest BCUT2D eigenvalue weighted by Crippen LogP contribution is 2.29. The van der Waals surface area contributed by atoms with Crippen molar-refractivity contribution < 1.29 is 37.6 Å². The number of benzene rings is 2.